The Labute approximate surface area is 238 Å². The minimum Gasteiger partial charge on any atom is -0.454 e. The predicted molar refractivity (Wildman–Crippen MR) is 164 cm³/mol. The maximum atomic E-state index is 8.69. The average Bonchev–Trinajstić information content (AvgIpc) is 3.35. The zero-order valence-corrected chi connectivity index (χ0v) is 23.1. The average molecular weight is 516 g/mol. The van der Waals surface area contributed by atoms with Crippen LogP contribution in [0.25, 0.3) is 55.4 Å². The number of hydrogen-bond donors (Lipinski definition) is 0. The molecule has 0 unspecified atom stereocenters. The highest BCUT2D eigenvalue weighted by Crippen LogP contribution is 2.41. The van der Waals surface area contributed by atoms with Crippen molar-refractivity contribution in [2.45, 2.75) is 40.9 Å². The third-order valence-corrected chi connectivity index (χ3v) is 7.21. The summed E-state index contributed by atoms with van der Waals surface area (Å²) < 4.78 is 51.0. The molecule has 0 spiro atoms. The lowest BCUT2D eigenvalue weighted by atomic mass is 9.87. The van der Waals surface area contributed by atoms with Gasteiger partial charge >= 0.3 is 0 Å². The van der Waals surface area contributed by atoms with E-state index in [0.29, 0.717) is 16.7 Å². The topological polar surface area (TPSA) is 17.0 Å². The fourth-order valence-electron chi connectivity index (χ4n) is 5.43. The highest BCUT2D eigenvalue weighted by molar-refractivity contribution is 6.13. The van der Waals surface area contributed by atoms with Crippen LogP contribution in [0, 0.1) is 19.2 Å². The Morgan fingerprint density at radius 2 is 1.49 bits per heavy atom. The molecule has 2 nitrogen and oxygen atoms in total. The first kappa shape index (κ1) is 19.8. The summed E-state index contributed by atoms with van der Waals surface area (Å²) in [5.41, 5.74) is 7.87. The fraction of sp³-hybridized carbons (Fsp3) is 0.216. The van der Waals surface area contributed by atoms with Crippen LogP contribution in [0.2, 0.25) is 0 Å². The zero-order chi connectivity index (χ0) is 31.6. The van der Waals surface area contributed by atoms with Crippen LogP contribution in [0.4, 0.5) is 0 Å². The summed E-state index contributed by atoms with van der Waals surface area (Å²) in [5, 5.41) is 2.02. The van der Waals surface area contributed by atoms with Crippen molar-refractivity contribution in [1.29, 1.82) is 0 Å². The Kier molecular flexibility index (Phi) is 4.85. The molecule has 2 heterocycles. The van der Waals surface area contributed by atoms with Gasteiger partial charge in [-0.15, -0.1) is 0 Å². The summed E-state index contributed by atoms with van der Waals surface area (Å²) in [7, 11) is 1.87. The van der Waals surface area contributed by atoms with Crippen molar-refractivity contribution in [2.24, 2.45) is 12.5 Å². The first-order valence-electron chi connectivity index (χ1n) is 15.8. The Morgan fingerprint density at radius 1 is 0.769 bits per heavy atom. The lowest BCUT2D eigenvalue weighted by Gasteiger charge is -2.18. The second-order valence-electron chi connectivity index (χ2n) is 11.3. The SMILES string of the molecule is [2H]C([2H])([2H])c1c[n+](C)c(-c2c(C)ccc3c2oc2c(-c4ccccc4)cccc23)cc1-c1ccc(C([2H])([2H])C(C)(C)C)cc1. The van der Waals surface area contributed by atoms with Crippen LogP contribution in [0.15, 0.2) is 102 Å². The van der Waals surface area contributed by atoms with E-state index in [2.05, 4.69) is 36.4 Å². The van der Waals surface area contributed by atoms with E-state index in [1.165, 1.54) is 0 Å². The van der Waals surface area contributed by atoms with Gasteiger partial charge < -0.3 is 4.42 Å². The van der Waals surface area contributed by atoms with Crippen LogP contribution < -0.4 is 4.57 Å². The number of fused-ring (bicyclic) bond motifs is 3. The molecule has 39 heavy (non-hydrogen) atoms. The summed E-state index contributed by atoms with van der Waals surface area (Å²) in [5.74, 6) is 0. The molecular formula is C37H36NO+. The number of nitrogens with zero attached hydrogens (tertiary/aromatic N) is 1. The quantitative estimate of drug-likeness (QED) is 0.214. The molecule has 2 heteroatoms. The number of aryl methyl sites for hydroxylation is 3. The van der Waals surface area contributed by atoms with E-state index in [-0.39, 0.29) is 5.56 Å². The number of pyridine rings is 1. The highest BCUT2D eigenvalue weighted by Gasteiger charge is 2.23. The number of benzene rings is 4. The standard InChI is InChI=1S/C37H36NO/c1-24-15-20-31-30-14-10-13-29(27-11-8-7-9-12-27)35(30)39-36(31)34(24)33-21-32(25(2)23-38(33)6)28-18-16-26(17-19-28)22-37(3,4)5/h7-21,23H,22H2,1-6H3/q+1/i2D3,22D2. The highest BCUT2D eigenvalue weighted by atomic mass is 16.3. The van der Waals surface area contributed by atoms with E-state index in [9.17, 15) is 0 Å². The van der Waals surface area contributed by atoms with Crippen LogP contribution in [0.5, 0.6) is 0 Å². The van der Waals surface area contributed by atoms with Crippen LogP contribution in [0.1, 0.15) is 44.3 Å². The Morgan fingerprint density at radius 3 is 2.21 bits per heavy atom. The van der Waals surface area contributed by atoms with Crippen molar-refractivity contribution in [3.63, 3.8) is 0 Å². The molecule has 0 aliphatic rings. The zero-order valence-electron chi connectivity index (χ0n) is 28.1. The van der Waals surface area contributed by atoms with Gasteiger partial charge in [-0.1, -0.05) is 106 Å². The molecule has 0 saturated carbocycles. The van der Waals surface area contributed by atoms with Gasteiger partial charge in [0.05, 0.1) is 5.56 Å². The van der Waals surface area contributed by atoms with Crippen molar-refractivity contribution in [3.05, 3.63) is 114 Å². The Hall–Kier alpha value is -4.17. The minimum atomic E-state index is -2.35. The molecule has 0 amide bonds. The lowest BCUT2D eigenvalue weighted by molar-refractivity contribution is -0.660. The van der Waals surface area contributed by atoms with E-state index in [0.717, 1.165) is 49.9 Å². The summed E-state index contributed by atoms with van der Waals surface area (Å²) in [6.07, 6.45) is 0.135. The van der Waals surface area contributed by atoms with Gasteiger partial charge in [0.25, 0.3) is 0 Å². The number of aromatic nitrogens is 1. The van der Waals surface area contributed by atoms with Crippen LogP contribution in [-0.4, -0.2) is 0 Å². The summed E-state index contributed by atoms with van der Waals surface area (Å²) in [6, 6.07) is 29.7. The first-order valence-corrected chi connectivity index (χ1v) is 13.3. The van der Waals surface area contributed by atoms with Gasteiger partial charge in [0.15, 0.2) is 6.20 Å². The van der Waals surface area contributed by atoms with Gasteiger partial charge in [0.2, 0.25) is 5.69 Å². The molecule has 0 saturated heterocycles. The molecule has 0 fully saturated rings. The summed E-state index contributed by atoms with van der Waals surface area (Å²) >= 11 is 0. The molecule has 0 atom stereocenters. The van der Waals surface area contributed by atoms with Crippen molar-refractivity contribution in [1.82, 2.24) is 0 Å². The van der Waals surface area contributed by atoms with Gasteiger partial charge in [0, 0.05) is 34.8 Å². The molecule has 6 rings (SSSR count). The first-order chi connectivity index (χ1) is 20.7. The smallest absolute Gasteiger partial charge is 0.216 e. The van der Waals surface area contributed by atoms with E-state index < -0.39 is 18.6 Å². The fourth-order valence-corrected chi connectivity index (χ4v) is 5.43. The van der Waals surface area contributed by atoms with E-state index in [1.54, 1.807) is 18.3 Å². The Balaban J connectivity index is 1.59. The van der Waals surface area contributed by atoms with Crippen molar-refractivity contribution >= 4 is 21.9 Å². The molecule has 6 aromatic rings. The van der Waals surface area contributed by atoms with Gasteiger partial charge in [-0.3, -0.25) is 0 Å². The maximum Gasteiger partial charge on any atom is 0.216 e. The van der Waals surface area contributed by atoms with Crippen molar-refractivity contribution in [3.8, 4) is 33.5 Å². The summed E-state index contributed by atoms with van der Waals surface area (Å²) in [4.78, 5) is 0. The number of furan rings is 1. The second kappa shape index (κ2) is 9.54. The van der Waals surface area contributed by atoms with E-state index in [4.69, 9.17) is 11.3 Å². The third kappa shape index (κ3) is 4.65. The number of rotatable bonds is 4. The van der Waals surface area contributed by atoms with E-state index in [1.807, 2.05) is 81.8 Å². The molecular weight excluding hydrogens is 474 g/mol. The third-order valence-electron chi connectivity index (χ3n) is 7.21. The second-order valence-corrected chi connectivity index (χ2v) is 11.3. The van der Waals surface area contributed by atoms with E-state index >= 15 is 0 Å². The van der Waals surface area contributed by atoms with Gasteiger partial charge in [-0.2, -0.15) is 0 Å². The molecule has 0 radical (unpaired) electrons. The normalized spacial score (nSPS) is 14.5. The number of hydrogen-bond acceptors (Lipinski definition) is 1. The largest absolute Gasteiger partial charge is 0.454 e. The lowest BCUT2D eigenvalue weighted by Crippen LogP contribution is -2.31. The molecule has 2 aromatic heterocycles. The van der Waals surface area contributed by atoms with Gasteiger partial charge in [0.1, 0.15) is 18.2 Å². The molecule has 0 bridgehead atoms. The summed E-state index contributed by atoms with van der Waals surface area (Å²) in [6.45, 7) is 5.32. The monoisotopic (exact) mass is 515 g/mol. The molecule has 0 aliphatic carbocycles. The van der Waals surface area contributed by atoms with Gasteiger partial charge in [-0.25, -0.2) is 4.57 Å². The van der Waals surface area contributed by atoms with Gasteiger partial charge in [-0.05, 0) is 53.4 Å². The molecule has 194 valence electrons. The Bertz CT molecular complexity index is 2010. The predicted octanol–water partition coefficient (Wildman–Crippen LogP) is 9.62. The maximum absolute atomic E-state index is 8.69. The van der Waals surface area contributed by atoms with Crippen LogP contribution in [0.3, 0.4) is 0 Å². The van der Waals surface area contributed by atoms with Crippen LogP contribution in [-0.2, 0) is 13.4 Å². The molecule has 4 aromatic carbocycles. The van der Waals surface area contributed by atoms with Crippen molar-refractivity contribution in [2.75, 3.05) is 0 Å². The minimum absolute atomic E-state index is 0.233. The molecule has 0 N–H and O–H groups in total. The van der Waals surface area contributed by atoms with Crippen LogP contribution >= 0.6 is 0 Å². The van der Waals surface area contributed by atoms with Crippen molar-refractivity contribution < 1.29 is 15.8 Å². The molecule has 0 aliphatic heterocycles. The number of para-hydroxylation sites is 1.